The molecular weight excluding hydrogens is 282 g/mol. The third kappa shape index (κ3) is 3.55. The van der Waals surface area contributed by atoms with Crippen molar-refractivity contribution >= 4 is 10.0 Å². The minimum absolute atomic E-state index is 0.0297. The standard InChI is InChI=1S/C17H25NO2S/c1-4-6-7-8-9-17-16(5-2)18(17)21(19,20)15-12-10-14(3)11-13-15/h5,10-13,16-17H,2,4,6-9H2,1,3H3. The summed E-state index contributed by atoms with van der Waals surface area (Å²) in [5.41, 5.74) is 1.07. The van der Waals surface area contributed by atoms with Crippen LogP contribution in [0.4, 0.5) is 0 Å². The van der Waals surface area contributed by atoms with Crippen LogP contribution in [0.5, 0.6) is 0 Å². The Morgan fingerprint density at radius 2 is 1.86 bits per heavy atom. The lowest BCUT2D eigenvalue weighted by Crippen LogP contribution is -2.15. The van der Waals surface area contributed by atoms with E-state index in [1.807, 2.05) is 19.1 Å². The van der Waals surface area contributed by atoms with Gasteiger partial charge in [0.15, 0.2) is 0 Å². The Morgan fingerprint density at radius 1 is 1.19 bits per heavy atom. The number of hydrogen-bond acceptors (Lipinski definition) is 2. The van der Waals surface area contributed by atoms with Gasteiger partial charge in [0.1, 0.15) is 0 Å². The highest BCUT2D eigenvalue weighted by Crippen LogP contribution is 2.39. The zero-order valence-corrected chi connectivity index (χ0v) is 13.8. The van der Waals surface area contributed by atoms with Crippen LogP contribution in [-0.2, 0) is 10.0 Å². The molecule has 1 fully saturated rings. The highest BCUT2D eigenvalue weighted by molar-refractivity contribution is 7.89. The van der Waals surface area contributed by atoms with Crippen molar-refractivity contribution in [3.8, 4) is 0 Å². The maximum absolute atomic E-state index is 12.7. The Kier molecular flexibility index (Phi) is 5.22. The molecule has 116 valence electrons. The largest absolute Gasteiger partial charge is 0.243 e. The quantitative estimate of drug-likeness (QED) is 0.415. The number of unbranched alkanes of at least 4 members (excludes halogenated alkanes) is 3. The molecule has 21 heavy (non-hydrogen) atoms. The SMILES string of the molecule is C=CC1C(CCCCCC)N1S(=O)(=O)c1ccc(C)cc1. The smallest absolute Gasteiger partial charge is 0.207 e. The van der Waals surface area contributed by atoms with E-state index in [1.54, 1.807) is 22.5 Å². The van der Waals surface area contributed by atoms with E-state index < -0.39 is 10.0 Å². The molecular formula is C17H25NO2S. The van der Waals surface area contributed by atoms with Crippen molar-refractivity contribution < 1.29 is 8.42 Å². The van der Waals surface area contributed by atoms with Gasteiger partial charge in [0.2, 0.25) is 10.0 Å². The van der Waals surface area contributed by atoms with Crippen LogP contribution in [0.3, 0.4) is 0 Å². The van der Waals surface area contributed by atoms with Crippen LogP contribution in [0, 0.1) is 6.92 Å². The molecule has 1 saturated heterocycles. The van der Waals surface area contributed by atoms with E-state index in [0.29, 0.717) is 4.90 Å². The zero-order valence-electron chi connectivity index (χ0n) is 13.0. The molecule has 3 nitrogen and oxygen atoms in total. The van der Waals surface area contributed by atoms with E-state index in [2.05, 4.69) is 13.5 Å². The van der Waals surface area contributed by atoms with Gasteiger partial charge in [-0.25, -0.2) is 8.42 Å². The lowest BCUT2D eigenvalue weighted by Gasteiger charge is -2.07. The first-order valence-electron chi connectivity index (χ1n) is 7.75. The fourth-order valence-corrected chi connectivity index (χ4v) is 4.59. The molecule has 0 bridgehead atoms. The van der Waals surface area contributed by atoms with Gasteiger partial charge in [-0.2, -0.15) is 4.31 Å². The molecule has 1 aliphatic heterocycles. The molecule has 4 heteroatoms. The fraction of sp³-hybridized carbons (Fsp3) is 0.529. The summed E-state index contributed by atoms with van der Waals surface area (Å²) in [5.74, 6) is 0. The number of sulfonamides is 1. The van der Waals surface area contributed by atoms with Crippen LogP contribution < -0.4 is 0 Å². The molecule has 3 unspecified atom stereocenters. The van der Waals surface area contributed by atoms with Gasteiger partial charge in [0.25, 0.3) is 0 Å². The predicted molar refractivity (Wildman–Crippen MR) is 86.7 cm³/mol. The Hall–Kier alpha value is -1.13. The summed E-state index contributed by atoms with van der Waals surface area (Å²) in [5, 5.41) is 0. The average Bonchev–Trinajstić information content (AvgIpc) is 3.18. The van der Waals surface area contributed by atoms with Crippen LogP contribution in [0.15, 0.2) is 41.8 Å². The summed E-state index contributed by atoms with van der Waals surface area (Å²) in [6.07, 6.45) is 7.37. The maximum Gasteiger partial charge on any atom is 0.243 e. The summed E-state index contributed by atoms with van der Waals surface area (Å²) >= 11 is 0. The summed E-state index contributed by atoms with van der Waals surface area (Å²) in [4.78, 5) is 0.385. The highest BCUT2D eigenvalue weighted by atomic mass is 32.2. The van der Waals surface area contributed by atoms with Crippen molar-refractivity contribution in [2.75, 3.05) is 0 Å². The second kappa shape index (κ2) is 6.75. The van der Waals surface area contributed by atoms with Crippen molar-refractivity contribution in [1.29, 1.82) is 0 Å². The molecule has 1 aromatic rings. The van der Waals surface area contributed by atoms with Crippen LogP contribution in [0.2, 0.25) is 0 Å². The Labute approximate surface area is 128 Å². The van der Waals surface area contributed by atoms with Gasteiger partial charge in [0, 0.05) is 6.04 Å². The van der Waals surface area contributed by atoms with E-state index in [9.17, 15) is 8.42 Å². The van der Waals surface area contributed by atoms with Gasteiger partial charge in [-0.3, -0.25) is 0 Å². The topological polar surface area (TPSA) is 37.1 Å². The summed E-state index contributed by atoms with van der Waals surface area (Å²) < 4.78 is 26.9. The van der Waals surface area contributed by atoms with Gasteiger partial charge in [-0.05, 0) is 25.5 Å². The normalized spacial score (nSPS) is 24.8. The van der Waals surface area contributed by atoms with Gasteiger partial charge in [-0.15, -0.1) is 6.58 Å². The number of nitrogens with zero attached hydrogens (tertiary/aromatic N) is 1. The van der Waals surface area contributed by atoms with Crippen molar-refractivity contribution in [2.24, 2.45) is 0 Å². The lowest BCUT2D eigenvalue weighted by molar-refractivity contribution is 0.536. The molecule has 2 rings (SSSR count). The predicted octanol–water partition coefficient (Wildman–Crippen LogP) is 3.89. The third-order valence-electron chi connectivity index (χ3n) is 4.12. The Balaban J connectivity index is 2.05. The zero-order chi connectivity index (χ0) is 15.5. The Morgan fingerprint density at radius 3 is 2.43 bits per heavy atom. The average molecular weight is 307 g/mol. The van der Waals surface area contributed by atoms with Crippen molar-refractivity contribution in [3.05, 3.63) is 42.5 Å². The second-order valence-electron chi connectivity index (χ2n) is 5.79. The summed E-state index contributed by atoms with van der Waals surface area (Å²) in [7, 11) is -3.37. The summed E-state index contributed by atoms with van der Waals surface area (Å²) in [6, 6.07) is 7.14. The first-order valence-corrected chi connectivity index (χ1v) is 9.19. The number of rotatable bonds is 8. The van der Waals surface area contributed by atoms with E-state index >= 15 is 0 Å². The molecule has 0 spiro atoms. The van der Waals surface area contributed by atoms with E-state index in [1.165, 1.54) is 19.3 Å². The summed E-state index contributed by atoms with van der Waals surface area (Å²) in [6.45, 7) is 7.92. The van der Waals surface area contributed by atoms with E-state index in [-0.39, 0.29) is 12.1 Å². The van der Waals surface area contributed by atoms with E-state index in [0.717, 1.165) is 18.4 Å². The maximum atomic E-state index is 12.7. The van der Waals surface area contributed by atoms with Gasteiger partial charge in [0.05, 0.1) is 10.9 Å². The van der Waals surface area contributed by atoms with E-state index in [4.69, 9.17) is 0 Å². The molecule has 3 atom stereocenters. The molecule has 0 N–H and O–H groups in total. The molecule has 0 amide bonds. The van der Waals surface area contributed by atoms with Crippen LogP contribution in [0.1, 0.15) is 44.6 Å². The molecule has 0 aliphatic carbocycles. The molecule has 0 aromatic heterocycles. The number of aryl methyl sites for hydroxylation is 1. The minimum atomic E-state index is -3.37. The first-order chi connectivity index (χ1) is 10.0. The van der Waals surface area contributed by atoms with Crippen molar-refractivity contribution in [1.82, 2.24) is 4.31 Å². The first kappa shape index (κ1) is 16.2. The highest BCUT2D eigenvalue weighted by Gasteiger charge is 2.52. The van der Waals surface area contributed by atoms with Crippen LogP contribution in [-0.4, -0.2) is 24.8 Å². The Bertz CT molecular complexity index is 577. The number of benzene rings is 1. The molecule has 0 saturated carbocycles. The third-order valence-corrected chi connectivity index (χ3v) is 6.05. The second-order valence-corrected chi connectivity index (χ2v) is 7.63. The molecule has 1 heterocycles. The fourth-order valence-electron chi connectivity index (χ4n) is 2.79. The van der Waals surface area contributed by atoms with Crippen LogP contribution in [0.25, 0.3) is 0 Å². The monoisotopic (exact) mass is 307 g/mol. The lowest BCUT2D eigenvalue weighted by atomic mass is 10.1. The van der Waals surface area contributed by atoms with Crippen molar-refractivity contribution in [2.45, 2.75) is 62.9 Å². The number of hydrogen-bond donors (Lipinski definition) is 0. The van der Waals surface area contributed by atoms with Gasteiger partial charge in [-0.1, -0.05) is 56.4 Å². The molecule has 1 aliphatic rings. The van der Waals surface area contributed by atoms with Gasteiger partial charge >= 0.3 is 0 Å². The minimum Gasteiger partial charge on any atom is -0.207 e. The van der Waals surface area contributed by atoms with Gasteiger partial charge < -0.3 is 0 Å². The van der Waals surface area contributed by atoms with Crippen LogP contribution >= 0.6 is 0 Å². The van der Waals surface area contributed by atoms with Crippen molar-refractivity contribution in [3.63, 3.8) is 0 Å². The molecule has 1 aromatic carbocycles. The molecule has 0 radical (unpaired) electrons.